The number of hydrogen-bond acceptors (Lipinski definition) is 12. The Labute approximate surface area is 292 Å². The standard InChI is InChI=1S/C33H42N6O6.C3H8O2/c1-32(2,3)44-30(40)39(31(41)45-33(4,5)6)29-25-15-16-38(28(25)34-20-35-29)27-14-13-24(43-27)19-42-23-12-10-21-9-11-22(18-37(7)8)36-26(21)17-23;1-3(2,4)5/h9-12,15-17,20,24,27H,13-14,18-19H2,1-8H3;4-5H,1-2H3. The first kappa shape index (κ1) is 38.4. The maximum absolute atomic E-state index is 13.2. The largest absolute Gasteiger partial charge is 0.491 e. The number of ether oxygens (including phenoxy) is 4. The number of carbonyl (C=O) groups is 2. The summed E-state index contributed by atoms with van der Waals surface area (Å²) in [6, 6.07) is 11.8. The fourth-order valence-corrected chi connectivity index (χ4v) is 5.07. The molecule has 2 amide bonds. The summed E-state index contributed by atoms with van der Waals surface area (Å²) in [5.74, 6) is -0.698. The Hall–Kier alpha value is -4.37. The second kappa shape index (κ2) is 15.3. The Balaban J connectivity index is 0.00000105. The lowest BCUT2D eigenvalue weighted by atomic mass is 10.2. The van der Waals surface area contributed by atoms with Gasteiger partial charge >= 0.3 is 12.2 Å². The maximum Gasteiger partial charge on any atom is 0.425 e. The van der Waals surface area contributed by atoms with Gasteiger partial charge in [-0.05, 0) is 107 Å². The monoisotopic (exact) mass is 694 g/mol. The summed E-state index contributed by atoms with van der Waals surface area (Å²) in [7, 11) is 4.04. The summed E-state index contributed by atoms with van der Waals surface area (Å²) in [6.07, 6.45) is 2.39. The van der Waals surface area contributed by atoms with Crippen LogP contribution >= 0.6 is 0 Å². The van der Waals surface area contributed by atoms with E-state index in [1.165, 1.54) is 20.2 Å². The topological polar surface area (TPSA) is 162 Å². The van der Waals surface area contributed by atoms with Crippen molar-refractivity contribution in [3.63, 3.8) is 0 Å². The lowest BCUT2D eigenvalue weighted by molar-refractivity contribution is -0.127. The number of pyridine rings is 1. The molecule has 2 N–H and O–H groups in total. The van der Waals surface area contributed by atoms with Gasteiger partial charge in [-0.1, -0.05) is 6.07 Å². The zero-order valence-electron chi connectivity index (χ0n) is 30.6. The molecule has 14 heteroatoms. The van der Waals surface area contributed by atoms with Crippen molar-refractivity contribution in [1.82, 2.24) is 24.4 Å². The van der Waals surface area contributed by atoms with Crippen LogP contribution in [0.5, 0.6) is 5.75 Å². The van der Waals surface area contributed by atoms with Crippen molar-refractivity contribution in [2.45, 2.75) is 104 Å². The number of amides is 2. The molecule has 1 saturated heterocycles. The Bertz CT molecular complexity index is 1750. The van der Waals surface area contributed by atoms with Crippen molar-refractivity contribution < 1.29 is 38.7 Å². The molecule has 0 aliphatic carbocycles. The number of rotatable bonds is 7. The van der Waals surface area contributed by atoms with Gasteiger partial charge in [0, 0.05) is 24.2 Å². The van der Waals surface area contributed by atoms with Gasteiger partial charge in [0.1, 0.15) is 41.8 Å². The summed E-state index contributed by atoms with van der Waals surface area (Å²) in [5, 5.41) is 17.7. The van der Waals surface area contributed by atoms with Crippen molar-refractivity contribution in [2.24, 2.45) is 0 Å². The van der Waals surface area contributed by atoms with Crippen molar-refractivity contribution >= 4 is 39.9 Å². The number of imide groups is 1. The molecule has 2 atom stereocenters. The molecule has 50 heavy (non-hydrogen) atoms. The average Bonchev–Trinajstić information content (AvgIpc) is 3.60. The van der Waals surface area contributed by atoms with E-state index in [1.807, 2.05) is 49.1 Å². The molecular weight excluding hydrogens is 644 g/mol. The van der Waals surface area contributed by atoms with E-state index in [9.17, 15) is 9.59 Å². The third-order valence-corrected chi connectivity index (χ3v) is 6.88. The second-order valence-electron chi connectivity index (χ2n) is 14.9. The van der Waals surface area contributed by atoms with Crippen molar-refractivity contribution in [3.05, 3.63) is 54.6 Å². The van der Waals surface area contributed by atoms with Crippen molar-refractivity contribution in [2.75, 3.05) is 25.6 Å². The Morgan fingerprint density at radius 2 is 1.54 bits per heavy atom. The van der Waals surface area contributed by atoms with E-state index in [2.05, 4.69) is 20.9 Å². The van der Waals surface area contributed by atoms with Crippen LogP contribution in [0.4, 0.5) is 15.4 Å². The van der Waals surface area contributed by atoms with Gasteiger partial charge in [-0.3, -0.25) is 4.98 Å². The quantitative estimate of drug-likeness (QED) is 0.212. The Morgan fingerprint density at radius 1 is 0.920 bits per heavy atom. The minimum Gasteiger partial charge on any atom is -0.491 e. The number of fused-ring (bicyclic) bond motifs is 2. The van der Waals surface area contributed by atoms with Crippen LogP contribution in [0.25, 0.3) is 21.9 Å². The van der Waals surface area contributed by atoms with Crippen LogP contribution in [0.15, 0.2) is 48.9 Å². The molecular formula is C36H50N6O8. The second-order valence-corrected chi connectivity index (χ2v) is 14.9. The molecule has 0 saturated carbocycles. The highest BCUT2D eigenvalue weighted by molar-refractivity contribution is 6.13. The smallest absolute Gasteiger partial charge is 0.425 e. The Morgan fingerprint density at radius 3 is 2.14 bits per heavy atom. The molecule has 1 aliphatic heterocycles. The minimum absolute atomic E-state index is 0.0683. The van der Waals surface area contributed by atoms with E-state index < -0.39 is 29.2 Å². The minimum atomic E-state index is -1.50. The Kier molecular flexibility index (Phi) is 11.7. The molecule has 3 aromatic heterocycles. The molecule has 2 unspecified atom stereocenters. The van der Waals surface area contributed by atoms with Gasteiger partial charge in [-0.2, -0.15) is 4.90 Å². The third kappa shape index (κ3) is 11.1. The molecule has 4 heterocycles. The van der Waals surface area contributed by atoms with Crippen molar-refractivity contribution in [1.29, 1.82) is 0 Å². The van der Waals surface area contributed by atoms with Crippen LogP contribution in [0, 0.1) is 0 Å². The van der Waals surface area contributed by atoms with E-state index in [-0.39, 0.29) is 18.1 Å². The predicted molar refractivity (Wildman–Crippen MR) is 189 cm³/mol. The number of benzene rings is 1. The summed E-state index contributed by atoms with van der Waals surface area (Å²) in [4.78, 5) is 42.9. The van der Waals surface area contributed by atoms with Gasteiger partial charge in [-0.15, -0.1) is 0 Å². The zero-order valence-corrected chi connectivity index (χ0v) is 30.6. The van der Waals surface area contributed by atoms with E-state index in [1.54, 1.807) is 47.6 Å². The van der Waals surface area contributed by atoms with Crippen LogP contribution in [0.1, 0.15) is 80.2 Å². The number of anilines is 1. The van der Waals surface area contributed by atoms with E-state index in [4.69, 9.17) is 34.1 Å². The molecule has 0 spiro atoms. The van der Waals surface area contributed by atoms with Crippen LogP contribution in [0.3, 0.4) is 0 Å². The first-order valence-electron chi connectivity index (χ1n) is 16.5. The zero-order chi connectivity index (χ0) is 37.0. The van der Waals surface area contributed by atoms with E-state index >= 15 is 0 Å². The fourth-order valence-electron chi connectivity index (χ4n) is 5.07. The molecule has 0 radical (unpaired) electrons. The molecule has 4 aromatic rings. The van der Waals surface area contributed by atoms with E-state index in [0.29, 0.717) is 17.6 Å². The molecule has 1 aliphatic rings. The van der Waals surface area contributed by atoms with Crippen LogP contribution in [-0.4, -0.2) is 90.6 Å². The number of aromatic nitrogens is 4. The number of nitrogens with zero attached hydrogens (tertiary/aromatic N) is 6. The SMILES string of the molecule is CC(C)(O)O.CN(C)Cc1ccc2ccc(OCC3CCC(n4ccc5c(N(C(=O)OC(C)(C)C)C(=O)OC(C)(C)C)ncnc54)O3)cc2n1. The summed E-state index contributed by atoms with van der Waals surface area (Å²) >= 11 is 0. The highest BCUT2D eigenvalue weighted by Gasteiger charge is 2.36. The van der Waals surface area contributed by atoms with Gasteiger partial charge in [-0.25, -0.2) is 19.6 Å². The predicted octanol–water partition coefficient (Wildman–Crippen LogP) is 6.18. The first-order chi connectivity index (χ1) is 23.2. The molecule has 5 rings (SSSR count). The molecule has 0 bridgehead atoms. The molecule has 272 valence electrons. The highest BCUT2D eigenvalue weighted by atomic mass is 16.6. The summed E-state index contributed by atoms with van der Waals surface area (Å²) in [5.41, 5.74) is 0.708. The van der Waals surface area contributed by atoms with Crippen LogP contribution in [0.2, 0.25) is 0 Å². The number of aliphatic hydroxyl groups is 2. The van der Waals surface area contributed by atoms with Crippen molar-refractivity contribution in [3.8, 4) is 5.75 Å². The normalized spacial score (nSPS) is 16.7. The average molecular weight is 695 g/mol. The highest BCUT2D eigenvalue weighted by Crippen LogP contribution is 2.34. The van der Waals surface area contributed by atoms with Gasteiger partial charge in [0.05, 0.1) is 22.7 Å². The van der Waals surface area contributed by atoms with Gasteiger partial charge in [0.25, 0.3) is 0 Å². The summed E-state index contributed by atoms with van der Waals surface area (Å²) < 4.78 is 25.5. The van der Waals surface area contributed by atoms with Crippen LogP contribution in [-0.2, 0) is 20.8 Å². The number of carbonyl (C=O) groups excluding carboxylic acids is 2. The summed E-state index contributed by atoms with van der Waals surface area (Å²) in [6.45, 7) is 14.1. The lowest BCUT2D eigenvalue weighted by Gasteiger charge is -2.28. The van der Waals surface area contributed by atoms with E-state index in [0.717, 1.165) is 46.6 Å². The van der Waals surface area contributed by atoms with Gasteiger partial charge < -0.3 is 38.6 Å². The molecule has 1 aromatic carbocycles. The lowest BCUT2D eigenvalue weighted by Crippen LogP contribution is -2.44. The first-order valence-corrected chi connectivity index (χ1v) is 16.5. The maximum atomic E-state index is 13.2. The third-order valence-electron chi connectivity index (χ3n) is 6.88. The number of hydrogen-bond donors (Lipinski definition) is 2. The van der Waals surface area contributed by atoms with Crippen LogP contribution < -0.4 is 9.64 Å². The van der Waals surface area contributed by atoms with Gasteiger partial charge in [0.2, 0.25) is 0 Å². The van der Waals surface area contributed by atoms with Gasteiger partial charge in [0.15, 0.2) is 11.6 Å². The molecule has 14 nitrogen and oxygen atoms in total. The fraction of sp³-hybridized carbons (Fsp3) is 0.528. The molecule has 1 fully saturated rings.